The summed E-state index contributed by atoms with van der Waals surface area (Å²) in [6.07, 6.45) is 1.06. The van der Waals surface area contributed by atoms with Crippen LogP contribution in [0.2, 0.25) is 0 Å². The first kappa shape index (κ1) is 16.3. The van der Waals surface area contributed by atoms with Crippen LogP contribution in [0.4, 0.5) is 0 Å². The molecule has 0 radical (unpaired) electrons. The van der Waals surface area contributed by atoms with Gasteiger partial charge >= 0.3 is 11.9 Å². The summed E-state index contributed by atoms with van der Waals surface area (Å²) < 4.78 is 4.30. The van der Waals surface area contributed by atoms with Crippen molar-refractivity contribution in [2.24, 2.45) is 5.73 Å². The van der Waals surface area contributed by atoms with Gasteiger partial charge in [-0.2, -0.15) is 0 Å². The highest BCUT2D eigenvalue weighted by Crippen LogP contribution is 1.97. The summed E-state index contributed by atoms with van der Waals surface area (Å²) in [5.74, 6) is -1.90. The van der Waals surface area contributed by atoms with Crippen LogP contribution in [0.1, 0.15) is 13.8 Å². The van der Waals surface area contributed by atoms with Crippen LogP contribution >= 0.6 is 0 Å². The molecule has 1 amide bonds. The standard InChI is InChI=1S/C8H10O3.C3H5NO/c1-5(2)7(9)11-8(10)6(3)4;1-2-3(4)5/h1,3H2,2,4H3;2H,1H2,(H2,4,5). The molecule has 0 aliphatic heterocycles. The molecule has 0 unspecified atom stereocenters. The lowest BCUT2D eigenvalue weighted by Gasteiger charge is -1.99. The van der Waals surface area contributed by atoms with Gasteiger partial charge in [-0.05, 0) is 19.9 Å². The lowest BCUT2D eigenvalue weighted by molar-refractivity contribution is -0.153. The zero-order valence-electron chi connectivity index (χ0n) is 9.41. The van der Waals surface area contributed by atoms with Gasteiger partial charge in [0, 0.05) is 11.1 Å². The number of ether oxygens (including phenoxy) is 1. The fourth-order valence-corrected chi connectivity index (χ4v) is 0.258. The van der Waals surface area contributed by atoms with Gasteiger partial charge in [0.05, 0.1) is 0 Å². The van der Waals surface area contributed by atoms with Gasteiger partial charge < -0.3 is 10.5 Å². The molecule has 0 saturated heterocycles. The molecular formula is C11H15NO4. The van der Waals surface area contributed by atoms with Crippen molar-refractivity contribution in [1.82, 2.24) is 0 Å². The Labute approximate surface area is 94.3 Å². The van der Waals surface area contributed by atoms with Crippen LogP contribution in [0.15, 0.2) is 37.0 Å². The molecule has 2 N–H and O–H groups in total. The van der Waals surface area contributed by atoms with E-state index in [4.69, 9.17) is 0 Å². The van der Waals surface area contributed by atoms with Gasteiger partial charge in [0.1, 0.15) is 0 Å². The maximum Gasteiger partial charge on any atom is 0.340 e. The molecule has 5 heteroatoms. The average molecular weight is 225 g/mol. The molecule has 0 aromatic heterocycles. The first-order chi connectivity index (χ1) is 7.22. The van der Waals surface area contributed by atoms with E-state index in [2.05, 4.69) is 30.2 Å². The molecular weight excluding hydrogens is 210 g/mol. The minimum absolute atomic E-state index is 0.194. The van der Waals surface area contributed by atoms with Crippen molar-refractivity contribution in [2.75, 3.05) is 0 Å². The Bertz CT molecular complexity index is 318. The van der Waals surface area contributed by atoms with E-state index < -0.39 is 17.8 Å². The Morgan fingerprint density at radius 2 is 1.31 bits per heavy atom. The molecule has 88 valence electrons. The molecule has 0 rings (SSSR count). The zero-order chi connectivity index (χ0) is 13.3. The van der Waals surface area contributed by atoms with Crippen molar-refractivity contribution >= 4 is 17.8 Å². The second kappa shape index (κ2) is 8.16. The van der Waals surface area contributed by atoms with Crippen molar-refractivity contribution in [2.45, 2.75) is 13.8 Å². The van der Waals surface area contributed by atoms with E-state index in [1.165, 1.54) is 13.8 Å². The van der Waals surface area contributed by atoms with Gasteiger partial charge in [0.2, 0.25) is 5.91 Å². The molecule has 0 atom stereocenters. The maximum absolute atomic E-state index is 10.7. The molecule has 0 aromatic carbocycles. The Kier molecular flexibility index (Phi) is 8.30. The summed E-state index contributed by atoms with van der Waals surface area (Å²) in [5.41, 5.74) is 4.92. The van der Waals surface area contributed by atoms with Crippen molar-refractivity contribution in [3.63, 3.8) is 0 Å². The van der Waals surface area contributed by atoms with E-state index in [0.717, 1.165) is 6.08 Å². The first-order valence-electron chi connectivity index (χ1n) is 4.21. The molecule has 0 saturated carbocycles. The normalized spacial score (nSPS) is 7.88. The third kappa shape index (κ3) is 9.91. The second-order valence-corrected chi connectivity index (χ2v) is 2.84. The molecule has 5 nitrogen and oxygen atoms in total. The molecule has 0 fully saturated rings. The fourth-order valence-electron chi connectivity index (χ4n) is 0.258. The zero-order valence-corrected chi connectivity index (χ0v) is 9.41. The lowest BCUT2D eigenvalue weighted by atomic mass is 10.3. The van der Waals surface area contributed by atoms with E-state index in [9.17, 15) is 14.4 Å². The topological polar surface area (TPSA) is 86.5 Å². The van der Waals surface area contributed by atoms with E-state index in [1.54, 1.807) is 0 Å². The van der Waals surface area contributed by atoms with Gasteiger partial charge in [0.25, 0.3) is 0 Å². The summed E-state index contributed by atoms with van der Waals surface area (Å²) in [6, 6.07) is 0. The highest BCUT2D eigenvalue weighted by atomic mass is 16.6. The highest BCUT2D eigenvalue weighted by molar-refractivity contribution is 6.00. The maximum atomic E-state index is 10.7. The first-order valence-corrected chi connectivity index (χ1v) is 4.21. The number of amides is 1. The number of carbonyl (C=O) groups is 3. The summed E-state index contributed by atoms with van der Waals surface area (Å²) >= 11 is 0. The Hall–Kier alpha value is -2.17. The van der Waals surface area contributed by atoms with Crippen LogP contribution in [-0.4, -0.2) is 17.8 Å². The van der Waals surface area contributed by atoms with Crippen molar-refractivity contribution in [1.29, 1.82) is 0 Å². The molecule has 0 heterocycles. The van der Waals surface area contributed by atoms with Crippen LogP contribution in [-0.2, 0) is 19.1 Å². The molecule has 16 heavy (non-hydrogen) atoms. The summed E-state index contributed by atoms with van der Waals surface area (Å²) in [4.78, 5) is 30.8. The van der Waals surface area contributed by atoms with E-state index in [-0.39, 0.29) is 11.1 Å². The Morgan fingerprint density at radius 3 is 1.44 bits per heavy atom. The fraction of sp³-hybridized carbons (Fsp3) is 0.182. The molecule has 0 spiro atoms. The predicted octanol–water partition coefficient (Wildman–Crippen LogP) is 0.866. The molecule has 0 aliphatic rings. The second-order valence-electron chi connectivity index (χ2n) is 2.84. The third-order valence-corrected chi connectivity index (χ3v) is 1.08. The number of carbonyl (C=O) groups excluding carboxylic acids is 3. The minimum atomic E-state index is -0.710. The Morgan fingerprint density at radius 1 is 1.06 bits per heavy atom. The van der Waals surface area contributed by atoms with Crippen molar-refractivity contribution in [3.05, 3.63) is 37.0 Å². The monoisotopic (exact) mass is 225 g/mol. The number of nitrogens with two attached hydrogens (primary N) is 1. The van der Waals surface area contributed by atoms with Gasteiger partial charge in [0.15, 0.2) is 0 Å². The number of hydrogen-bond donors (Lipinski definition) is 1. The summed E-state index contributed by atoms with van der Waals surface area (Å²) in [6.45, 7) is 12.6. The van der Waals surface area contributed by atoms with E-state index in [1.807, 2.05) is 0 Å². The van der Waals surface area contributed by atoms with Crippen LogP contribution in [0, 0.1) is 0 Å². The van der Waals surface area contributed by atoms with E-state index in [0.29, 0.717) is 0 Å². The van der Waals surface area contributed by atoms with Crippen LogP contribution < -0.4 is 5.73 Å². The Balaban J connectivity index is 0. The number of esters is 2. The number of hydrogen-bond acceptors (Lipinski definition) is 4. The SMILES string of the molecule is C=C(C)C(=O)OC(=O)C(=C)C.C=CC(N)=O. The molecule has 0 aliphatic carbocycles. The lowest BCUT2D eigenvalue weighted by Crippen LogP contribution is -2.12. The smallest absolute Gasteiger partial charge is 0.340 e. The van der Waals surface area contributed by atoms with Gasteiger partial charge in [-0.15, -0.1) is 0 Å². The number of primary amides is 1. The van der Waals surface area contributed by atoms with Crippen molar-refractivity contribution < 1.29 is 19.1 Å². The molecule has 0 bridgehead atoms. The van der Waals surface area contributed by atoms with E-state index >= 15 is 0 Å². The van der Waals surface area contributed by atoms with Crippen LogP contribution in [0.3, 0.4) is 0 Å². The van der Waals surface area contributed by atoms with Gasteiger partial charge in [-0.3, -0.25) is 4.79 Å². The number of rotatable bonds is 3. The van der Waals surface area contributed by atoms with Crippen molar-refractivity contribution in [3.8, 4) is 0 Å². The third-order valence-electron chi connectivity index (χ3n) is 1.08. The highest BCUT2D eigenvalue weighted by Gasteiger charge is 2.10. The largest absolute Gasteiger partial charge is 0.386 e. The van der Waals surface area contributed by atoms with Crippen LogP contribution in [0.5, 0.6) is 0 Å². The quantitative estimate of drug-likeness (QED) is 0.438. The predicted molar refractivity (Wildman–Crippen MR) is 60.1 cm³/mol. The van der Waals surface area contributed by atoms with Gasteiger partial charge in [-0.1, -0.05) is 19.7 Å². The summed E-state index contributed by atoms with van der Waals surface area (Å²) in [7, 11) is 0. The molecule has 0 aromatic rings. The summed E-state index contributed by atoms with van der Waals surface area (Å²) in [5, 5.41) is 0. The minimum Gasteiger partial charge on any atom is -0.386 e. The van der Waals surface area contributed by atoms with Gasteiger partial charge in [-0.25, -0.2) is 9.59 Å². The van der Waals surface area contributed by atoms with Crippen LogP contribution in [0.25, 0.3) is 0 Å². The average Bonchev–Trinajstić information content (AvgIpc) is 2.18.